The van der Waals surface area contributed by atoms with Crippen molar-refractivity contribution in [1.82, 2.24) is 15.5 Å². The highest BCUT2D eigenvalue weighted by atomic mass is 35.5. The van der Waals surface area contributed by atoms with Crippen LogP contribution in [0.4, 0.5) is 32.3 Å². The number of ether oxygens (including phenoxy) is 1. The summed E-state index contributed by atoms with van der Waals surface area (Å²) in [6.07, 6.45) is 3.77. The summed E-state index contributed by atoms with van der Waals surface area (Å²) in [6, 6.07) is 31.6. The van der Waals surface area contributed by atoms with Crippen molar-refractivity contribution < 1.29 is 19.4 Å². The van der Waals surface area contributed by atoms with Crippen LogP contribution < -0.4 is 25.2 Å². The smallest absolute Gasteiger partial charge is 0.326 e. The van der Waals surface area contributed by atoms with Crippen molar-refractivity contribution in [2.24, 2.45) is 0 Å². The Labute approximate surface area is 389 Å². The molecule has 1 fully saturated rings. The van der Waals surface area contributed by atoms with E-state index in [9.17, 15) is 14.7 Å². The van der Waals surface area contributed by atoms with Crippen LogP contribution >= 0.6 is 69.6 Å². The molecule has 15 heteroatoms. The predicted octanol–water partition coefficient (Wildman–Crippen LogP) is 13.9. The molecule has 3 aliphatic rings. The fraction of sp³-hybridized carbons (Fsp3) is 0.191. The second kappa shape index (κ2) is 19.3. The highest BCUT2D eigenvalue weighted by Gasteiger charge is 2.33. The molecule has 9 rings (SSSR count). The van der Waals surface area contributed by atoms with E-state index in [2.05, 4.69) is 15.5 Å². The second-order valence-electron chi connectivity index (χ2n) is 14.8. The number of urea groups is 2. The van der Waals surface area contributed by atoms with Crippen LogP contribution in [0.3, 0.4) is 0 Å². The first-order valence-electron chi connectivity index (χ1n) is 19.9. The Hall–Kier alpha value is -4.84. The number of piperidine rings is 1. The molecule has 1 saturated heterocycles. The molecular weight excluding hydrogens is 911 g/mol. The number of aromatic hydroxyl groups is 1. The fourth-order valence-electron chi connectivity index (χ4n) is 8.00. The predicted molar refractivity (Wildman–Crippen MR) is 253 cm³/mol. The Balaban J connectivity index is 0.000000176. The highest BCUT2D eigenvalue weighted by Crippen LogP contribution is 2.47. The third-order valence-electron chi connectivity index (χ3n) is 10.9. The van der Waals surface area contributed by atoms with Gasteiger partial charge in [0.15, 0.2) is 0 Å². The van der Waals surface area contributed by atoms with Gasteiger partial charge in [-0.3, -0.25) is 14.7 Å². The molecule has 6 aromatic rings. The van der Waals surface area contributed by atoms with Gasteiger partial charge >= 0.3 is 12.1 Å². The minimum Gasteiger partial charge on any atom is -0.508 e. The van der Waals surface area contributed by atoms with E-state index in [4.69, 9.17) is 74.3 Å². The van der Waals surface area contributed by atoms with Gasteiger partial charge in [0.1, 0.15) is 18.1 Å². The molecule has 0 unspecified atom stereocenters. The average Bonchev–Trinajstić information content (AvgIpc) is 3.25. The minimum absolute atomic E-state index is 0.00606. The molecule has 3 N–H and O–H groups in total. The molecule has 0 bridgehead atoms. The molecular formula is C47H39Cl6N5O4. The van der Waals surface area contributed by atoms with Crippen LogP contribution in [-0.4, -0.2) is 48.3 Å². The van der Waals surface area contributed by atoms with Crippen molar-refractivity contribution in [1.29, 1.82) is 0 Å². The number of anilines is 4. The Morgan fingerprint density at radius 3 is 1.48 bits per heavy atom. The van der Waals surface area contributed by atoms with Gasteiger partial charge in [0.25, 0.3) is 0 Å². The fourth-order valence-corrected chi connectivity index (χ4v) is 9.60. The van der Waals surface area contributed by atoms with Crippen molar-refractivity contribution in [3.63, 3.8) is 0 Å². The van der Waals surface area contributed by atoms with Crippen molar-refractivity contribution in [3.05, 3.63) is 150 Å². The van der Waals surface area contributed by atoms with E-state index in [0.29, 0.717) is 71.8 Å². The van der Waals surface area contributed by atoms with Gasteiger partial charge in [-0.1, -0.05) is 125 Å². The zero-order chi connectivity index (χ0) is 43.5. The number of nitrogens with zero attached hydrogens (tertiary/aromatic N) is 3. The van der Waals surface area contributed by atoms with Crippen LogP contribution in [-0.2, 0) is 13.1 Å². The number of halogens is 6. The maximum atomic E-state index is 13.1. The molecule has 0 atom stereocenters. The van der Waals surface area contributed by atoms with Gasteiger partial charge in [-0.15, -0.1) is 0 Å². The first-order valence-corrected chi connectivity index (χ1v) is 22.2. The molecule has 318 valence electrons. The second-order valence-corrected chi connectivity index (χ2v) is 17.2. The molecule has 4 amide bonds. The largest absolute Gasteiger partial charge is 0.508 e. The highest BCUT2D eigenvalue weighted by molar-refractivity contribution is 6.41. The number of likely N-dealkylation sites (tertiary alicyclic amines) is 1. The minimum atomic E-state index is -0.381. The number of hydrogen-bond donors (Lipinski definition) is 3. The maximum absolute atomic E-state index is 13.1. The Morgan fingerprint density at radius 2 is 0.984 bits per heavy atom. The number of fused-ring (bicyclic) bond motifs is 2. The number of amides is 4. The average molecular weight is 951 g/mol. The third kappa shape index (κ3) is 9.13. The van der Waals surface area contributed by atoms with Gasteiger partial charge in [-0.2, -0.15) is 0 Å². The topological polar surface area (TPSA) is 97.4 Å². The standard InChI is InChI=1S/C27H26Cl3N3O2.C20H13Cl3N2O2/c28-22-8-3-2-7-19(22)20-15-18(35-14-13-32-11-4-1-5-12-32)16-25-21(20)17-31-27(34)33(25)26-23(29)9-6-10-24(26)30;21-15-5-2-1-4-12(15)13-8-11(26)9-18-14(13)10-24-20(27)25(18)19-16(22)6-3-7-17(19)23/h2-3,6-10,15-16H,1,4-5,11-14,17H2,(H,31,34);1-9,26H,10H2,(H,24,27). The summed E-state index contributed by atoms with van der Waals surface area (Å²) in [5.74, 6) is 0.671. The first kappa shape index (κ1) is 43.8. The summed E-state index contributed by atoms with van der Waals surface area (Å²) < 4.78 is 6.25. The van der Waals surface area contributed by atoms with Gasteiger partial charge in [0.2, 0.25) is 0 Å². The molecule has 62 heavy (non-hydrogen) atoms. The molecule has 9 nitrogen and oxygen atoms in total. The maximum Gasteiger partial charge on any atom is 0.326 e. The van der Waals surface area contributed by atoms with Gasteiger partial charge in [-0.25, -0.2) is 9.59 Å². The lowest BCUT2D eigenvalue weighted by Crippen LogP contribution is -2.41. The van der Waals surface area contributed by atoms with Crippen LogP contribution in [0.25, 0.3) is 22.3 Å². The number of carbonyl (C=O) groups is 2. The van der Waals surface area contributed by atoms with Crippen molar-refractivity contribution in [3.8, 4) is 33.8 Å². The molecule has 0 aliphatic carbocycles. The molecule has 6 aromatic carbocycles. The Kier molecular flexibility index (Phi) is 13.6. The van der Waals surface area contributed by atoms with E-state index in [1.807, 2.05) is 54.6 Å². The lowest BCUT2D eigenvalue weighted by Gasteiger charge is -2.33. The van der Waals surface area contributed by atoms with Crippen molar-refractivity contribution in [2.45, 2.75) is 32.4 Å². The molecule has 0 saturated carbocycles. The summed E-state index contributed by atoms with van der Waals surface area (Å²) in [4.78, 5) is 31.1. The summed E-state index contributed by atoms with van der Waals surface area (Å²) >= 11 is 38.7. The quantitative estimate of drug-likeness (QED) is 0.141. The van der Waals surface area contributed by atoms with Crippen molar-refractivity contribution in [2.75, 3.05) is 36.0 Å². The van der Waals surface area contributed by atoms with Crippen LogP contribution in [0.15, 0.2) is 109 Å². The van der Waals surface area contributed by atoms with E-state index < -0.39 is 0 Å². The van der Waals surface area contributed by atoms with Crippen LogP contribution in [0.5, 0.6) is 11.5 Å². The summed E-state index contributed by atoms with van der Waals surface area (Å²) in [5, 5.41) is 18.7. The van der Waals surface area contributed by atoms with Crippen LogP contribution in [0.2, 0.25) is 30.1 Å². The molecule has 0 spiro atoms. The van der Waals surface area contributed by atoms with E-state index in [1.54, 1.807) is 48.5 Å². The van der Waals surface area contributed by atoms with Gasteiger partial charge in [-0.05, 0) is 85.6 Å². The molecule has 0 aromatic heterocycles. The van der Waals surface area contributed by atoms with E-state index in [-0.39, 0.29) is 24.4 Å². The summed E-state index contributed by atoms with van der Waals surface area (Å²) in [5.41, 5.74) is 6.94. The number of benzene rings is 6. The van der Waals surface area contributed by atoms with Crippen molar-refractivity contribution >= 4 is 104 Å². The van der Waals surface area contributed by atoms with Crippen LogP contribution in [0.1, 0.15) is 30.4 Å². The summed E-state index contributed by atoms with van der Waals surface area (Å²) in [6.45, 7) is 4.27. The zero-order valence-electron chi connectivity index (χ0n) is 33.0. The molecule has 3 aliphatic heterocycles. The van der Waals surface area contributed by atoms with Crippen LogP contribution in [0, 0.1) is 0 Å². The molecule has 3 heterocycles. The first-order chi connectivity index (χ1) is 30.0. The van der Waals surface area contributed by atoms with Gasteiger partial charge < -0.3 is 20.5 Å². The number of carbonyl (C=O) groups excluding carboxylic acids is 2. The number of rotatable bonds is 8. The Morgan fingerprint density at radius 1 is 0.532 bits per heavy atom. The third-order valence-corrected chi connectivity index (χ3v) is 12.8. The Bertz CT molecular complexity index is 2640. The molecule has 0 radical (unpaired) electrons. The number of phenols is 1. The number of hydrogen-bond acceptors (Lipinski definition) is 5. The zero-order valence-corrected chi connectivity index (χ0v) is 37.6. The van der Waals surface area contributed by atoms with E-state index >= 15 is 0 Å². The number of nitrogens with one attached hydrogen (secondary N) is 2. The van der Waals surface area contributed by atoms with Gasteiger partial charge in [0.05, 0.1) is 42.8 Å². The lowest BCUT2D eigenvalue weighted by atomic mass is 9.95. The SMILES string of the molecule is O=C1NCc2c(-c3ccccc3Cl)cc(O)cc2N1c1c(Cl)cccc1Cl.O=C1NCc2c(-c3ccccc3Cl)cc(OCCN3CCCCC3)cc2N1c1c(Cl)cccc1Cl. The normalized spacial score (nSPS) is 14.9. The summed E-state index contributed by atoms with van der Waals surface area (Å²) in [7, 11) is 0. The number of para-hydroxylation sites is 2. The number of phenolic OH excluding ortho intramolecular Hbond substituents is 1. The van der Waals surface area contributed by atoms with E-state index in [1.165, 1.54) is 35.1 Å². The monoisotopic (exact) mass is 947 g/mol. The lowest BCUT2D eigenvalue weighted by molar-refractivity contribution is 0.183. The van der Waals surface area contributed by atoms with E-state index in [0.717, 1.165) is 53.0 Å². The van der Waals surface area contributed by atoms with Gasteiger partial charge in [0, 0.05) is 64.1 Å².